The van der Waals surface area contributed by atoms with E-state index in [1.807, 2.05) is 25.1 Å². The smallest absolute Gasteiger partial charge is 0.250 e. The van der Waals surface area contributed by atoms with E-state index >= 15 is 0 Å². The fraction of sp³-hybridized carbons (Fsp3) is 0.167. The Hall–Kier alpha value is -2.22. The minimum Gasteiger partial charge on any atom is -0.380 e. The standard InChI is InChI=1S/C18H18ClN3O3S.ClH/c1-12-8-10-15(11-9-12)26(23,24)17-13(2)25-22(18(19)21-20)16(17)14-6-4-3-5-7-14;/h3-11,16H,20H2,1-2H3;1H. The maximum absolute atomic E-state index is 13.3. The van der Waals surface area contributed by atoms with Crippen molar-refractivity contribution < 1.29 is 13.3 Å². The summed E-state index contributed by atoms with van der Waals surface area (Å²) in [5.74, 6) is 5.51. The van der Waals surface area contributed by atoms with Crippen LogP contribution >= 0.6 is 24.0 Å². The molecule has 2 aromatic carbocycles. The molecule has 1 aliphatic heterocycles. The van der Waals surface area contributed by atoms with Gasteiger partial charge in [0.25, 0.3) is 0 Å². The molecule has 1 unspecified atom stereocenters. The molecule has 1 heterocycles. The van der Waals surface area contributed by atoms with Crippen LogP contribution in [-0.2, 0) is 14.7 Å². The fourth-order valence-electron chi connectivity index (χ4n) is 2.85. The van der Waals surface area contributed by atoms with Gasteiger partial charge in [-0.3, -0.25) is 0 Å². The molecule has 0 saturated carbocycles. The van der Waals surface area contributed by atoms with Crippen LogP contribution in [0.2, 0.25) is 0 Å². The predicted octanol–water partition coefficient (Wildman–Crippen LogP) is 3.88. The number of hydrazone groups is 1. The molecule has 144 valence electrons. The van der Waals surface area contributed by atoms with Crippen molar-refractivity contribution in [3.8, 4) is 0 Å². The lowest BCUT2D eigenvalue weighted by atomic mass is 10.1. The van der Waals surface area contributed by atoms with Gasteiger partial charge in [-0.15, -0.1) is 17.5 Å². The summed E-state index contributed by atoms with van der Waals surface area (Å²) < 4.78 is 26.6. The minimum absolute atomic E-state index is 0. The summed E-state index contributed by atoms with van der Waals surface area (Å²) in [5, 5.41) is 4.50. The second-order valence-corrected chi connectivity index (χ2v) is 8.12. The van der Waals surface area contributed by atoms with Crippen molar-refractivity contribution in [1.82, 2.24) is 5.06 Å². The van der Waals surface area contributed by atoms with Gasteiger partial charge in [0.15, 0.2) is 0 Å². The lowest BCUT2D eigenvalue weighted by Crippen LogP contribution is -2.29. The highest BCUT2D eigenvalue weighted by atomic mass is 35.5. The lowest BCUT2D eigenvalue weighted by molar-refractivity contribution is -0.0451. The Morgan fingerprint density at radius 2 is 1.70 bits per heavy atom. The Kier molecular flexibility index (Phi) is 6.41. The van der Waals surface area contributed by atoms with Gasteiger partial charge >= 0.3 is 0 Å². The molecule has 0 aliphatic carbocycles. The quantitative estimate of drug-likeness (QED) is 0.264. The fourth-order valence-corrected chi connectivity index (χ4v) is 4.67. The van der Waals surface area contributed by atoms with E-state index in [1.54, 1.807) is 43.3 Å². The summed E-state index contributed by atoms with van der Waals surface area (Å²) in [5.41, 5.74) is 1.66. The first-order valence-corrected chi connectivity index (χ1v) is 9.70. The Labute approximate surface area is 169 Å². The van der Waals surface area contributed by atoms with Gasteiger partial charge in [0, 0.05) is 0 Å². The van der Waals surface area contributed by atoms with Gasteiger partial charge in [-0.25, -0.2) is 8.42 Å². The summed E-state index contributed by atoms with van der Waals surface area (Å²) in [7, 11) is -3.82. The Morgan fingerprint density at radius 3 is 2.26 bits per heavy atom. The van der Waals surface area contributed by atoms with E-state index < -0.39 is 15.9 Å². The van der Waals surface area contributed by atoms with Crippen LogP contribution in [0.4, 0.5) is 0 Å². The first-order chi connectivity index (χ1) is 12.4. The number of aryl methyl sites for hydroxylation is 1. The van der Waals surface area contributed by atoms with E-state index in [-0.39, 0.29) is 33.3 Å². The summed E-state index contributed by atoms with van der Waals surface area (Å²) in [6.07, 6.45) is 0. The van der Waals surface area contributed by atoms with Crippen molar-refractivity contribution >= 4 is 39.1 Å². The van der Waals surface area contributed by atoms with Gasteiger partial charge in [-0.2, -0.15) is 5.06 Å². The van der Waals surface area contributed by atoms with Crippen molar-refractivity contribution in [2.75, 3.05) is 0 Å². The second-order valence-electron chi connectivity index (χ2n) is 5.87. The zero-order valence-electron chi connectivity index (χ0n) is 14.7. The van der Waals surface area contributed by atoms with Crippen LogP contribution in [0.1, 0.15) is 24.1 Å². The molecule has 0 spiro atoms. The van der Waals surface area contributed by atoms with Crippen LogP contribution in [0.25, 0.3) is 0 Å². The third-order valence-electron chi connectivity index (χ3n) is 4.09. The number of hydrogen-bond acceptors (Lipinski definition) is 5. The molecule has 3 rings (SSSR count). The average molecular weight is 428 g/mol. The minimum atomic E-state index is -3.82. The largest absolute Gasteiger partial charge is 0.380 e. The van der Waals surface area contributed by atoms with E-state index in [0.29, 0.717) is 5.56 Å². The molecule has 27 heavy (non-hydrogen) atoms. The molecule has 1 atom stereocenters. The number of nitrogens with two attached hydrogens (primary N) is 1. The zero-order valence-corrected chi connectivity index (χ0v) is 17.1. The SMILES string of the molecule is CC1=C(S(=O)(=O)c2ccc(C)cc2)C(c2ccccc2)N(C(Cl)=NN)O1.Cl. The molecular formula is C18H19Cl2N3O3S. The Balaban J connectivity index is 0.00000261. The monoisotopic (exact) mass is 427 g/mol. The van der Waals surface area contributed by atoms with E-state index in [9.17, 15) is 8.42 Å². The molecule has 0 radical (unpaired) electrons. The van der Waals surface area contributed by atoms with Crippen molar-refractivity contribution in [3.05, 3.63) is 76.4 Å². The summed E-state index contributed by atoms with van der Waals surface area (Å²) in [6.45, 7) is 3.48. The van der Waals surface area contributed by atoms with Gasteiger partial charge in [-0.05, 0) is 43.1 Å². The number of halogens is 2. The van der Waals surface area contributed by atoms with Crippen LogP contribution in [0.15, 0.2) is 75.3 Å². The third kappa shape index (κ3) is 3.90. The van der Waals surface area contributed by atoms with Crippen LogP contribution < -0.4 is 5.84 Å². The number of hydroxylamine groups is 2. The van der Waals surface area contributed by atoms with Crippen molar-refractivity contribution in [2.45, 2.75) is 24.8 Å². The maximum atomic E-state index is 13.3. The number of amidine groups is 1. The average Bonchev–Trinajstić information content (AvgIpc) is 3.00. The first kappa shape index (κ1) is 21.1. The molecule has 0 fully saturated rings. The van der Waals surface area contributed by atoms with E-state index in [4.69, 9.17) is 22.3 Å². The number of nitrogens with zero attached hydrogens (tertiary/aromatic N) is 2. The molecule has 2 N–H and O–H groups in total. The maximum Gasteiger partial charge on any atom is 0.250 e. The molecular weight excluding hydrogens is 409 g/mol. The molecule has 0 saturated heterocycles. The van der Waals surface area contributed by atoms with Crippen LogP contribution in [-0.4, -0.2) is 18.8 Å². The molecule has 0 bridgehead atoms. The number of sulfone groups is 1. The summed E-state index contributed by atoms with van der Waals surface area (Å²) >= 11 is 6.07. The number of rotatable bonds is 3. The van der Waals surface area contributed by atoms with Gasteiger partial charge in [0.05, 0.1) is 4.90 Å². The van der Waals surface area contributed by atoms with Crippen LogP contribution in [0.5, 0.6) is 0 Å². The lowest BCUT2D eigenvalue weighted by Gasteiger charge is -2.24. The Morgan fingerprint density at radius 1 is 1.11 bits per heavy atom. The topological polar surface area (TPSA) is 85.0 Å². The van der Waals surface area contributed by atoms with Crippen molar-refractivity contribution in [1.29, 1.82) is 0 Å². The molecule has 9 heteroatoms. The van der Waals surface area contributed by atoms with Gasteiger partial charge < -0.3 is 10.7 Å². The molecule has 2 aromatic rings. The van der Waals surface area contributed by atoms with E-state index in [2.05, 4.69) is 5.10 Å². The van der Waals surface area contributed by atoms with Crippen LogP contribution in [0, 0.1) is 6.92 Å². The number of hydrogen-bond donors (Lipinski definition) is 1. The summed E-state index contributed by atoms with van der Waals surface area (Å²) in [4.78, 5) is 5.91. The van der Waals surface area contributed by atoms with E-state index in [0.717, 1.165) is 5.56 Å². The van der Waals surface area contributed by atoms with Gasteiger partial charge in [0.2, 0.25) is 15.1 Å². The van der Waals surface area contributed by atoms with Crippen molar-refractivity contribution in [3.63, 3.8) is 0 Å². The van der Waals surface area contributed by atoms with Gasteiger partial charge in [0.1, 0.15) is 16.7 Å². The third-order valence-corrected chi connectivity index (χ3v) is 6.34. The summed E-state index contributed by atoms with van der Waals surface area (Å²) in [6, 6.07) is 14.9. The highest BCUT2D eigenvalue weighted by molar-refractivity contribution is 7.95. The molecule has 6 nitrogen and oxygen atoms in total. The second kappa shape index (κ2) is 8.21. The normalized spacial score (nSPS) is 17.5. The van der Waals surface area contributed by atoms with Crippen LogP contribution in [0.3, 0.4) is 0 Å². The predicted molar refractivity (Wildman–Crippen MR) is 108 cm³/mol. The van der Waals surface area contributed by atoms with E-state index in [1.165, 1.54) is 5.06 Å². The highest BCUT2D eigenvalue weighted by Crippen LogP contribution is 2.43. The molecule has 0 aromatic heterocycles. The zero-order chi connectivity index (χ0) is 18.9. The molecule has 1 aliphatic rings. The highest BCUT2D eigenvalue weighted by Gasteiger charge is 2.43. The Bertz CT molecular complexity index is 975. The number of allylic oxidation sites excluding steroid dienone is 1. The number of benzene rings is 2. The van der Waals surface area contributed by atoms with Gasteiger partial charge in [-0.1, -0.05) is 48.0 Å². The molecule has 0 amide bonds. The first-order valence-electron chi connectivity index (χ1n) is 7.84. The van der Waals surface area contributed by atoms with Crippen molar-refractivity contribution in [2.24, 2.45) is 10.9 Å².